The number of hydrogen-bond acceptors (Lipinski definition) is 2. The van der Waals surface area contributed by atoms with Crippen molar-refractivity contribution in [2.75, 3.05) is 19.6 Å². The molecule has 0 aliphatic rings. The molecule has 0 amide bonds. The molecule has 0 aliphatic carbocycles. The highest BCUT2D eigenvalue weighted by Crippen LogP contribution is 2.10. The molecule has 0 aromatic rings. The molecule has 104 valence electrons. The molecular formula is C15H34N2. The topological polar surface area (TPSA) is 15.3 Å². The van der Waals surface area contributed by atoms with Crippen LogP contribution in [0.3, 0.4) is 0 Å². The Morgan fingerprint density at radius 1 is 0.824 bits per heavy atom. The lowest BCUT2D eigenvalue weighted by Gasteiger charge is -2.32. The zero-order chi connectivity index (χ0) is 13.4. The Balaban J connectivity index is 4.07. The lowest BCUT2D eigenvalue weighted by atomic mass is 10.1. The van der Waals surface area contributed by atoms with E-state index in [1.54, 1.807) is 0 Å². The number of hydrogen-bond donors (Lipinski definition) is 1. The van der Waals surface area contributed by atoms with Crippen LogP contribution in [0.5, 0.6) is 0 Å². The molecule has 0 aromatic heterocycles. The van der Waals surface area contributed by atoms with Gasteiger partial charge < -0.3 is 10.2 Å². The van der Waals surface area contributed by atoms with Crippen LogP contribution in [0, 0.1) is 11.8 Å². The minimum absolute atomic E-state index is 0.603. The van der Waals surface area contributed by atoms with Gasteiger partial charge in [0.1, 0.15) is 0 Å². The molecule has 0 spiro atoms. The molecule has 0 aromatic carbocycles. The summed E-state index contributed by atoms with van der Waals surface area (Å²) in [7, 11) is 0. The normalized spacial score (nSPS) is 14.3. The van der Waals surface area contributed by atoms with E-state index in [0.717, 1.165) is 18.4 Å². The summed E-state index contributed by atoms with van der Waals surface area (Å²) >= 11 is 0. The minimum Gasteiger partial charge on any atom is -0.314 e. The quantitative estimate of drug-likeness (QED) is 0.667. The fourth-order valence-corrected chi connectivity index (χ4v) is 2.14. The predicted molar refractivity (Wildman–Crippen MR) is 78.5 cm³/mol. The average molecular weight is 242 g/mol. The molecule has 0 aliphatic heterocycles. The van der Waals surface area contributed by atoms with Crippen LogP contribution >= 0.6 is 0 Å². The van der Waals surface area contributed by atoms with Gasteiger partial charge in [0, 0.05) is 25.2 Å². The Morgan fingerprint density at radius 3 is 1.65 bits per heavy atom. The molecule has 0 heterocycles. The maximum absolute atomic E-state index is 3.51. The van der Waals surface area contributed by atoms with E-state index in [1.165, 1.54) is 19.5 Å². The van der Waals surface area contributed by atoms with Gasteiger partial charge in [-0.05, 0) is 31.7 Å². The molecule has 1 N–H and O–H groups in total. The third-order valence-corrected chi connectivity index (χ3v) is 2.94. The largest absolute Gasteiger partial charge is 0.314 e. The van der Waals surface area contributed by atoms with Crippen LogP contribution in [0.15, 0.2) is 0 Å². The summed E-state index contributed by atoms with van der Waals surface area (Å²) in [5.41, 5.74) is 0. The monoisotopic (exact) mass is 242 g/mol. The van der Waals surface area contributed by atoms with Gasteiger partial charge in [-0.15, -0.1) is 0 Å². The summed E-state index contributed by atoms with van der Waals surface area (Å²) < 4.78 is 0. The molecule has 2 nitrogen and oxygen atoms in total. The van der Waals surface area contributed by atoms with Crippen LogP contribution in [0.1, 0.15) is 54.9 Å². The van der Waals surface area contributed by atoms with E-state index in [2.05, 4.69) is 58.7 Å². The van der Waals surface area contributed by atoms with E-state index in [4.69, 9.17) is 0 Å². The van der Waals surface area contributed by atoms with Crippen LogP contribution < -0.4 is 5.32 Å². The van der Waals surface area contributed by atoms with E-state index in [1.807, 2.05) is 0 Å². The van der Waals surface area contributed by atoms with Gasteiger partial charge in [0.15, 0.2) is 0 Å². The molecule has 1 unspecified atom stereocenters. The van der Waals surface area contributed by atoms with Gasteiger partial charge in [-0.1, -0.05) is 41.5 Å². The summed E-state index contributed by atoms with van der Waals surface area (Å²) in [6.07, 6.45) is 1.25. The Kier molecular flexibility index (Phi) is 8.89. The highest BCUT2D eigenvalue weighted by Gasteiger charge is 2.16. The van der Waals surface area contributed by atoms with Crippen molar-refractivity contribution in [3.63, 3.8) is 0 Å². The SMILES string of the molecule is CC(C)CN(CC(C)C)C(C)CCNC(C)C. The lowest BCUT2D eigenvalue weighted by Crippen LogP contribution is -2.40. The van der Waals surface area contributed by atoms with Gasteiger partial charge in [0.25, 0.3) is 0 Å². The zero-order valence-electron chi connectivity index (χ0n) is 13.1. The second-order valence-corrected chi connectivity index (χ2v) is 6.49. The van der Waals surface area contributed by atoms with Gasteiger partial charge >= 0.3 is 0 Å². The van der Waals surface area contributed by atoms with Gasteiger partial charge in [-0.25, -0.2) is 0 Å². The molecule has 1 atom stereocenters. The fourth-order valence-electron chi connectivity index (χ4n) is 2.14. The summed E-state index contributed by atoms with van der Waals surface area (Å²) in [6, 6.07) is 1.29. The first-order valence-corrected chi connectivity index (χ1v) is 7.30. The molecule has 0 rings (SSSR count). The Hall–Kier alpha value is -0.0800. The summed E-state index contributed by atoms with van der Waals surface area (Å²) in [6.45, 7) is 19.6. The van der Waals surface area contributed by atoms with Crippen molar-refractivity contribution in [1.29, 1.82) is 0 Å². The molecule has 0 bridgehead atoms. The maximum atomic E-state index is 3.51. The third-order valence-electron chi connectivity index (χ3n) is 2.94. The Labute approximate surface area is 109 Å². The third kappa shape index (κ3) is 9.61. The van der Waals surface area contributed by atoms with E-state index in [0.29, 0.717) is 12.1 Å². The molecule has 0 saturated heterocycles. The van der Waals surface area contributed by atoms with E-state index in [9.17, 15) is 0 Å². The Morgan fingerprint density at radius 2 is 1.29 bits per heavy atom. The molecule has 17 heavy (non-hydrogen) atoms. The van der Waals surface area contributed by atoms with E-state index in [-0.39, 0.29) is 0 Å². The van der Waals surface area contributed by atoms with Gasteiger partial charge in [0.05, 0.1) is 0 Å². The lowest BCUT2D eigenvalue weighted by molar-refractivity contribution is 0.158. The molecule has 0 radical (unpaired) electrons. The smallest absolute Gasteiger partial charge is 0.00792 e. The van der Waals surface area contributed by atoms with Gasteiger partial charge in [0.2, 0.25) is 0 Å². The minimum atomic E-state index is 0.603. The first-order chi connectivity index (χ1) is 7.82. The van der Waals surface area contributed by atoms with Crippen molar-refractivity contribution < 1.29 is 0 Å². The fraction of sp³-hybridized carbons (Fsp3) is 1.00. The average Bonchev–Trinajstić information content (AvgIpc) is 2.14. The predicted octanol–water partition coefficient (Wildman–Crippen LogP) is 3.38. The molecule has 2 heteroatoms. The zero-order valence-corrected chi connectivity index (χ0v) is 13.1. The van der Waals surface area contributed by atoms with Crippen LogP contribution in [0.2, 0.25) is 0 Å². The van der Waals surface area contributed by atoms with Crippen molar-refractivity contribution in [3.05, 3.63) is 0 Å². The second-order valence-electron chi connectivity index (χ2n) is 6.49. The summed E-state index contributed by atoms with van der Waals surface area (Å²) in [5, 5.41) is 3.51. The van der Waals surface area contributed by atoms with Crippen LogP contribution in [0.4, 0.5) is 0 Å². The van der Waals surface area contributed by atoms with Gasteiger partial charge in [-0.3, -0.25) is 0 Å². The number of nitrogens with one attached hydrogen (secondary N) is 1. The molecule has 0 saturated carbocycles. The van der Waals surface area contributed by atoms with Crippen molar-refractivity contribution in [2.24, 2.45) is 11.8 Å². The first-order valence-electron chi connectivity index (χ1n) is 7.30. The molecular weight excluding hydrogens is 208 g/mol. The van der Waals surface area contributed by atoms with Crippen molar-refractivity contribution in [2.45, 2.75) is 67.0 Å². The standard InChI is InChI=1S/C15H34N2/c1-12(2)10-17(11-13(3)4)15(7)8-9-16-14(5)6/h12-16H,8-11H2,1-7H3. The second kappa shape index (κ2) is 8.93. The molecule has 0 fully saturated rings. The van der Waals surface area contributed by atoms with Gasteiger partial charge in [-0.2, -0.15) is 0 Å². The number of rotatable bonds is 9. The summed E-state index contributed by atoms with van der Waals surface area (Å²) in [4.78, 5) is 2.65. The van der Waals surface area contributed by atoms with Crippen molar-refractivity contribution in [1.82, 2.24) is 10.2 Å². The Bertz CT molecular complexity index is 166. The van der Waals surface area contributed by atoms with E-state index < -0.39 is 0 Å². The van der Waals surface area contributed by atoms with Crippen molar-refractivity contribution >= 4 is 0 Å². The van der Waals surface area contributed by atoms with Crippen molar-refractivity contribution in [3.8, 4) is 0 Å². The summed E-state index contributed by atoms with van der Waals surface area (Å²) in [5.74, 6) is 1.52. The number of nitrogens with zero attached hydrogens (tertiary/aromatic N) is 1. The maximum Gasteiger partial charge on any atom is 0.00792 e. The highest BCUT2D eigenvalue weighted by atomic mass is 15.2. The van der Waals surface area contributed by atoms with Crippen LogP contribution in [-0.2, 0) is 0 Å². The first kappa shape index (κ1) is 16.9. The van der Waals surface area contributed by atoms with Crippen LogP contribution in [0.25, 0.3) is 0 Å². The van der Waals surface area contributed by atoms with Crippen LogP contribution in [-0.4, -0.2) is 36.6 Å². The highest BCUT2D eigenvalue weighted by molar-refractivity contribution is 4.71. The van der Waals surface area contributed by atoms with E-state index >= 15 is 0 Å².